The van der Waals surface area contributed by atoms with Gasteiger partial charge in [-0.15, -0.1) is 0 Å². The number of carbonyl (C=O) groups is 3. The smallest absolute Gasteiger partial charge is 0.262 e. The fourth-order valence-electron chi connectivity index (χ4n) is 5.82. The molecule has 1 N–H and O–H groups in total. The van der Waals surface area contributed by atoms with Gasteiger partial charge in [0.15, 0.2) is 0 Å². The van der Waals surface area contributed by atoms with Gasteiger partial charge in [-0.05, 0) is 47.7 Å². The zero-order valence-electron chi connectivity index (χ0n) is 24.4. The number of furan rings is 1. The summed E-state index contributed by atoms with van der Waals surface area (Å²) in [5, 5.41) is 13.6. The van der Waals surface area contributed by atoms with E-state index < -0.39 is 23.8 Å². The van der Waals surface area contributed by atoms with Crippen molar-refractivity contribution in [3.8, 4) is 28.5 Å². The lowest BCUT2D eigenvalue weighted by atomic mass is 9.98. The number of nitrogens with one attached hydrogen (secondary N) is 1. The Bertz CT molecular complexity index is 1850. The maximum Gasteiger partial charge on any atom is 0.262 e. The van der Waals surface area contributed by atoms with Gasteiger partial charge in [-0.25, -0.2) is 0 Å². The molecule has 1 aliphatic heterocycles. The quantitative estimate of drug-likeness (QED) is 0.189. The monoisotopic (exact) mass is 582 g/mol. The van der Waals surface area contributed by atoms with E-state index in [2.05, 4.69) is 11.4 Å². The molecule has 0 radical (unpaired) electrons. The average molecular weight is 583 g/mol. The molecule has 8 heteroatoms. The molecular formula is C36H30N4O4. The number of amides is 3. The molecular weight excluding hydrogens is 552 g/mol. The van der Waals surface area contributed by atoms with Crippen molar-refractivity contribution < 1.29 is 18.8 Å². The van der Waals surface area contributed by atoms with Crippen molar-refractivity contribution in [2.45, 2.75) is 32.9 Å². The SMILES string of the molecule is CC(C)C[C@H](C(=O)Nc1c(C#N)c(-c2ccccc2)c(-c2ccccc2)n1Cc1ccco1)N1C(=O)c2ccccc2C1=O. The number of hydrogen-bond acceptors (Lipinski definition) is 5. The second-order valence-corrected chi connectivity index (χ2v) is 11.1. The van der Waals surface area contributed by atoms with Crippen LogP contribution < -0.4 is 5.32 Å². The lowest BCUT2D eigenvalue weighted by molar-refractivity contribution is -0.120. The number of nitriles is 1. The molecule has 0 saturated heterocycles. The van der Waals surface area contributed by atoms with Gasteiger partial charge < -0.3 is 14.3 Å². The molecule has 6 rings (SSSR count). The predicted octanol–water partition coefficient (Wildman–Crippen LogP) is 6.98. The first-order valence-electron chi connectivity index (χ1n) is 14.5. The van der Waals surface area contributed by atoms with Crippen LogP contribution in [-0.4, -0.2) is 33.2 Å². The van der Waals surface area contributed by atoms with Crippen molar-refractivity contribution >= 4 is 23.5 Å². The minimum Gasteiger partial charge on any atom is -0.467 e. The highest BCUT2D eigenvalue weighted by Crippen LogP contribution is 2.42. The van der Waals surface area contributed by atoms with E-state index in [-0.39, 0.29) is 41.4 Å². The Morgan fingerprint density at radius 2 is 1.43 bits per heavy atom. The van der Waals surface area contributed by atoms with E-state index in [0.717, 1.165) is 21.7 Å². The van der Waals surface area contributed by atoms with E-state index in [1.54, 1.807) is 36.6 Å². The van der Waals surface area contributed by atoms with Crippen LogP contribution in [0.1, 0.15) is 52.3 Å². The molecule has 0 saturated carbocycles. The minimum absolute atomic E-state index is 0.0137. The van der Waals surface area contributed by atoms with Crippen LogP contribution >= 0.6 is 0 Å². The van der Waals surface area contributed by atoms with Crippen LogP contribution in [0.5, 0.6) is 0 Å². The molecule has 3 amide bonds. The lowest BCUT2D eigenvalue weighted by Crippen LogP contribution is -2.48. The second kappa shape index (κ2) is 11.9. The Balaban J connectivity index is 1.52. The van der Waals surface area contributed by atoms with Gasteiger partial charge in [-0.3, -0.25) is 19.3 Å². The Hall–Kier alpha value is -5.68. The normalized spacial score (nSPS) is 13.2. The molecule has 3 heterocycles. The second-order valence-electron chi connectivity index (χ2n) is 11.1. The predicted molar refractivity (Wildman–Crippen MR) is 167 cm³/mol. The summed E-state index contributed by atoms with van der Waals surface area (Å²) in [7, 11) is 0. The zero-order valence-corrected chi connectivity index (χ0v) is 24.4. The molecule has 0 bridgehead atoms. The third-order valence-electron chi connectivity index (χ3n) is 7.76. The summed E-state index contributed by atoms with van der Waals surface area (Å²) in [4.78, 5) is 42.3. The topological polar surface area (TPSA) is 108 Å². The standard InChI is InChI=1S/C36H30N4O4/c1-23(2)20-30(40-35(42)27-17-9-10-18-28(27)36(40)43)34(41)38-33-29(21-37)31(24-12-5-3-6-13-24)32(25-14-7-4-8-15-25)39(33)22-26-16-11-19-44-26/h3-19,23,30H,20,22H2,1-2H3,(H,38,41)/t30-/m1/s1. The first-order valence-corrected chi connectivity index (χ1v) is 14.5. The molecule has 2 aromatic heterocycles. The molecule has 1 aliphatic rings. The first-order chi connectivity index (χ1) is 21.4. The maximum absolute atomic E-state index is 14.3. The Labute approximate surface area is 255 Å². The minimum atomic E-state index is -1.10. The molecule has 0 unspecified atom stereocenters. The van der Waals surface area contributed by atoms with Gasteiger partial charge in [0.2, 0.25) is 5.91 Å². The Kier molecular flexibility index (Phi) is 7.69. The molecule has 0 fully saturated rings. The lowest BCUT2D eigenvalue weighted by Gasteiger charge is -2.27. The van der Waals surface area contributed by atoms with Crippen LogP contribution in [0, 0.1) is 17.2 Å². The van der Waals surface area contributed by atoms with Gasteiger partial charge in [-0.1, -0.05) is 86.6 Å². The molecule has 5 aromatic rings. The summed E-state index contributed by atoms with van der Waals surface area (Å²) < 4.78 is 7.57. The van der Waals surface area contributed by atoms with Crippen LogP contribution in [0.3, 0.4) is 0 Å². The zero-order chi connectivity index (χ0) is 30.8. The van der Waals surface area contributed by atoms with Crippen molar-refractivity contribution in [1.29, 1.82) is 5.26 Å². The number of hydrogen-bond donors (Lipinski definition) is 1. The van der Waals surface area contributed by atoms with Crippen LogP contribution in [0.25, 0.3) is 22.4 Å². The summed E-state index contributed by atoms with van der Waals surface area (Å²) in [5.74, 6) is -0.698. The molecule has 44 heavy (non-hydrogen) atoms. The summed E-state index contributed by atoms with van der Waals surface area (Å²) in [5.41, 5.74) is 3.83. The number of aromatic nitrogens is 1. The fourth-order valence-corrected chi connectivity index (χ4v) is 5.82. The largest absolute Gasteiger partial charge is 0.467 e. The van der Waals surface area contributed by atoms with Crippen molar-refractivity contribution in [1.82, 2.24) is 9.47 Å². The maximum atomic E-state index is 14.3. The van der Waals surface area contributed by atoms with Crippen LogP contribution in [0.4, 0.5) is 5.82 Å². The van der Waals surface area contributed by atoms with Crippen molar-refractivity contribution in [2.75, 3.05) is 5.32 Å². The third-order valence-corrected chi connectivity index (χ3v) is 7.76. The van der Waals surface area contributed by atoms with Gasteiger partial charge in [0, 0.05) is 5.56 Å². The van der Waals surface area contributed by atoms with Crippen LogP contribution in [0.15, 0.2) is 108 Å². The van der Waals surface area contributed by atoms with Crippen molar-refractivity contribution in [3.05, 3.63) is 126 Å². The van der Waals surface area contributed by atoms with Gasteiger partial charge in [-0.2, -0.15) is 5.26 Å². The van der Waals surface area contributed by atoms with E-state index in [9.17, 15) is 19.6 Å². The average Bonchev–Trinajstić information content (AvgIpc) is 3.73. The van der Waals surface area contributed by atoms with E-state index in [1.165, 1.54) is 0 Å². The van der Waals surface area contributed by atoms with E-state index in [0.29, 0.717) is 11.3 Å². The van der Waals surface area contributed by atoms with Gasteiger partial charge >= 0.3 is 0 Å². The number of fused-ring (bicyclic) bond motifs is 1. The number of benzene rings is 3. The van der Waals surface area contributed by atoms with E-state index in [4.69, 9.17) is 4.42 Å². The van der Waals surface area contributed by atoms with E-state index in [1.807, 2.05) is 85.1 Å². The highest BCUT2D eigenvalue weighted by Gasteiger charge is 2.43. The van der Waals surface area contributed by atoms with E-state index >= 15 is 0 Å². The number of anilines is 1. The number of nitrogens with zero attached hydrogens (tertiary/aromatic N) is 3. The number of imide groups is 1. The fraction of sp³-hybridized carbons (Fsp3) is 0.167. The Morgan fingerprint density at radius 1 is 0.841 bits per heavy atom. The summed E-state index contributed by atoms with van der Waals surface area (Å²) >= 11 is 0. The highest BCUT2D eigenvalue weighted by atomic mass is 16.3. The summed E-state index contributed by atoms with van der Waals surface area (Å²) in [6.45, 7) is 4.08. The molecule has 3 aromatic carbocycles. The molecule has 0 spiro atoms. The molecule has 1 atom stereocenters. The first kappa shape index (κ1) is 28.4. The van der Waals surface area contributed by atoms with Crippen molar-refractivity contribution in [2.24, 2.45) is 5.92 Å². The van der Waals surface area contributed by atoms with Crippen molar-refractivity contribution in [3.63, 3.8) is 0 Å². The number of carbonyl (C=O) groups excluding carboxylic acids is 3. The van der Waals surface area contributed by atoms with Gasteiger partial charge in [0.25, 0.3) is 11.8 Å². The van der Waals surface area contributed by atoms with Gasteiger partial charge in [0.05, 0.1) is 29.6 Å². The van der Waals surface area contributed by atoms with Crippen LogP contribution in [0.2, 0.25) is 0 Å². The summed E-state index contributed by atoms with van der Waals surface area (Å²) in [6, 6.07) is 30.6. The molecule has 218 valence electrons. The number of rotatable bonds is 9. The van der Waals surface area contributed by atoms with Gasteiger partial charge in [0.1, 0.15) is 29.3 Å². The molecule has 8 nitrogen and oxygen atoms in total. The van der Waals surface area contributed by atoms with Crippen LogP contribution in [-0.2, 0) is 11.3 Å². The Morgan fingerprint density at radius 3 is 1.98 bits per heavy atom. The third kappa shape index (κ3) is 5.09. The summed E-state index contributed by atoms with van der Waals surface area (Å²) in [6.07, 6.45) is 1.82. The molecule has 0 aliphatic carbocycles. The highest BCUT2D eigenvalue weighted by molar-refractivity contribution is 6.23.